The summed E-state index contributed by atoms with van der Waals surface area (Å²) in [7, 11) is 0. The lowest BCUT2D eigenvalue weighted by atomic mass is 9.87. The van der Waals surface area contributed by atoms with Gasteiger partial charge in [-0.25, -0.2) is 4.79 Å². The molecule has 1 atom stereocenters. The molecule has 2 N–H and O–H groups in total. The van der Waals surface area contributed by atoms with Crippen molar-refractivity contribution < 1.29 is 14.7 Å². The van der Waals surface area contributed by atoms with Gasteiger partial charge in [0.15, 0.2) is 0 Å². The number of nitrogens with zero attached hydrogens (tertiary/aromatic N) is 1. The van der Waals surface area contributed by atoms with Gasteiger partial charge >= 0.3 is 12.0 Å². The van der Waals surface area contributed by atoms with Crippen molar-refractivity contribution in [2.75, 3.05) is 13.1 Å². The molecule has 0 aromatic carbocycles. The number of amides is 2. The van der Waals surface area contributed by atoms with E-state index >= 15 is 0 Å². The summed E-state index contributed by atoms with van der Waals surface area (Å²) in [6, 6.07) is -0.409. The average Bonchev–Trinajstić information content (AvgIpc) is 2.24. The Morgan fingerprint density at radius 2 is 1.62 bits per heavy atom. The molecule has 1 aliphatic heterocycles. The molecule has 0 aromatic heterocycles. The minimum atomic E-state index is -0.864. The predicted molar refractivity (Wildman–Crippen MR) is 83.3 cm³/mol. The third kappa shape index (κ3) is 7.93. The van der Waals surface area contributed by atoms with Crippen LogP contribution in [0.15, 0.2) is 0 Å². The molecule has 5 heteroatoms. The quantitative estimate of drug-likeness (QED) is 0.837. The van der Waals surface area contributed by atoms with E-state index in [0.29, 0.717) is 6.42 Å². The third-order valence-corrected chi connectivity index (χ3v) is 3.75. The molecule has 1 saturated heterocycles. The van der Waals surface area contributed by atoms with Gasteiger partial charge in [-0.2, -0.15) is 0 Å². The van der Waals surface area contributed by atoms with E-state index in [1.54, 1.807) is 0 Å². The van der Waals surface area contributed by atoms with Crippen LogP contribution < -0.4 is 5.32 Å². The Kier molecular flexibility index (Phi) is 6.99. The second kappa shape index (κ2) is 8.25. The van der Waals surface area contributed by atoms with Gasteiger partial charge in [0.2, 0.25) is 0 Å². The number of hydrogen-bond acceptors (Lipinski definition) is 2. The molecule has 1 fully saturated rings. The van der Waals surface area contributed by atoms with Crippen LogP contribution in [0.4, 0.5) is 4.79 Å². The molecule has 0 saturated carbocycles. The van der Waals surface area contributed by atoms with Crippen molar-refractivity contribution in [1.29, 1.82) is 0 Å². The van der Waals surface area contributed by atoms with Gasteiger partial charge in [-0.3, -0.25) is 4.79 Å². The smallest absolute Gasteiger partial charge is 0.317 e. The van der Waals surface area contributed by atoms with Crippen LogP contribution in [0.25, 0.3) is 0 Å². The lowest BCUT2D eigenvalue weighted by molar-refractivity contribution is -0.137. The highest BCUT2D eigenvalue weighted by Crippen LogP contribution is 2.22. The molecule has 0 radical (unpaired) electrons. The average molecular weight is 298 g/mol. The number of likely N-dealkylation sites (tertiary alicyclic amines) is 1. The fourth-order valence-corrected chi connectivity index (χ4v) is 2.84. The van der Waals surface area contributed by atoms with Crippen molar-refractivity contribution in [2.24, 2.45) is 5.41 Å². The summed E-state index contributed by atoms with van der Waals surface area (Å²) >= 11 is 0. The fourth-order valence-electron chi connectivity index (χ4n) is 2.84. The van der Waals surface area contributed by atoms with E-state index < -0.39 is 5.97 Å². The first-order valence-corrected chi connectivity index (χ1v) is 8.05. The molecule has 0 aromatic rings. The van der Waals surface area contributed by atoms with Gasteiger partial charge in [-0.1, -0.05) is 40.0 Å². The van der Waals surface area contributed by atoms with Crippen molar-refractivity contribution in [1.82, 2.24) is 10.2 Å². The Balaban J connectivity index is 2.58. The summed E-state index contributed by atoms with van der Waals surface area (Å²) in [6.45, 7) is 7.74. The first kappa shape index (κ1) is 17.8. The van der Waals surface area contributed by atoms with Gasteiger partial charge in [0.05, 0.1) is 6.42 Å². The highest BCUT2D eigenvalue weighted by molar-refractivity contribution is 5.76. The number of carboxylic acids is 1. The molecule has 2 amide bonds. The summed E-state index contributed by atoms with van der Waals surface area (Å²) in [5, 5.41) is 12.0. The Morgan fingerprint density at radius 3 is 2.10 bits per heavy atom. The second-order valence-corrected chi connectivity index (χ2v) is 7.26. The molecular formula is C16H30N2O3. The van der Waals surface area contributed by atoms with Crippen LogP contribution in [0.1, 0.15) is 65.7 Å². The SMILES string of the molecule is CC(C)(C)CC(CC(=O)O)NC(=O)N1CCCCCCC1. The van der Waals surface area contributed by atoms with Crippen LogP contribution >= 0.6 is 0 Å². The van der Waals surface area contributed by atoms with Crippen LogP contribution in [-0.4, -0.2) is 41.1 Å². The number of rotatable bonds is 4. The monoisotopic (exact) mass is 298 g/mol. The minimum absolute atomic E-state index is 0.0103. The maximum atomic E-state index is 12.4. The highest BCUT2D eigenvalue weighted by Gasteiger charge is 2.24. The molecule has 1 aliphatic rings. The summed E-state index contributed by atoms with van der Waals surface area (Å²) in [6.07, 6.45) is 6.32. The molecule has 122 valence electrons. The minimum Gasteiger partial charge on any atom is -0.481 e. The van der Waals surface area contributed by atoms with E-state index in [2.05, 4.69) is 26.1 Å². The molecule has 1 rings (SSSR count). The van der Waals surface area contributed by atoms with Crippen LogP contribution in [0.5, 0.6) is 0 Å². The van der Waals surface area contributed by atoms with Crippen LogP contribution in [-0.2, 0) is 4.79 Å². The van der Waals surface area contributed by atoms with E-state index in [4.69, 9.17) is 5.11 Å². The Labute approximate surface area is 128 Å². The number of aliphatic carboxylic acids is 1. The van der Waals surface area contributed by atoms with Crippen LogP contribution in [0.2, 0.25) is 0 Å². The van der Waals surface area contributed by atoms with Crippen molar-refractivity contribution in [3.8, 4) is 0 Å². The number of urea groups is 1. The normalized spacial score (nSPS) is 18.5. The standard InChI is InChI=1S/C16H30N2O3/c1-16(2,3)12-13(11-14(19)20)17-15(21)18-9-7-5-4-6-8-10-18/h13H,4-12H2,1-3H3,(H,17,21)(H,19,20). The zero-order valence-electron chi connectivity index (χ0n) is 13.7. The maximum absolute atomic E-state index is 12.4. The van der Waals surface area contributed by atoms with Gasteiger partial charge in [-0.05, 0) is 24.7 Å². The van der Waals surface area contributed by atoms with Gasteiger partial charge in [0.25, 0.3) is 0 Å². The fraction of sp³-hybridized carbons (Fsp3) is 0.875. The second-order valence-electron chi connectivity index (χ2n) is 7.26. The number of carboxylic acid groups (broad SMARTS) is 1. The predicted octanol–water partition coefficient (Wildman–Crippen LogP) is 3.24. The van der Waals surface area contributed by atoms with E-state index in [9.17, 15) is 9.59 Å². The first-order chi connectivity index (χ1) is 9.78. The topological polar surface area (TPSA) is 69.6 Å². The lowest BCUT2D eigenvalue weighted by Gasteiger charge is -2.30. The van der Waals surface area contributed by atoms with E-state index in [0.717, 1.165) is 25.9 Å². The summed E-state index contributed by atoms with van der Waals surface area (Å²) in [5.74, 6) is -0.864. The van der Waals surface area contributed by atoms with Gasteiger partial charge < -0.3 is 15.3 Å². The zero-order chi connectivity index (χ0) is 15.9. The van der Waals surface area contributed by atoms with Gasteiger partial charge in [0, 0.05) is 19.1 Å². The molecule has 21 heavy (non-hydrogen) atoms. The maximum Gasteiger partial charge on any atom is 0.317 e. The van der Waals surface area contributed by atoms with Crippen molar-refractivity contribution in [3.05, 3.63) is 0 Å². The molecule has 1 heterocycles. The molecular weight excluding hydrogens is 268 g/mol. The van der Waals surface area contributed by atoms with Crippen LogP contribution in [0, 0.1) is 5.41 Å². The lowest BCUT2D eigenvalue weighted by Crippen LogP contribution is -2.47. The Hall–Kier alpha value is -1.26. The number of hydrogen-bond donors (Lipinski definition) is 2. The summed E-state index contributed by atoms with van der Waals surface area (Å²) in [4.78, 5) is 25.2. The van der Waals surface area contributed by atoms with E-state index in [1.807, 2.05) is 4.90 Å². The van der Waals surface area contributed by atoms with E-state index in [-0.39, 0.29) is 23.9 Å². The Morgan fingerprint density at radius 1 is 1.10 bits per heavy atom. The van der Waals surface area contributed by atoms with Gasteiger partial charge in [-0.15, -0.1) is 0 Å². The van der Waals surface area contributed by atoms with Crippen molar-refractivity contribution in [3.63, 3.8) is 0 Å². The molecule has 0 bridgehead atoms. The Bertz CT molecular complexity index is 342. The number of carbonyl (C=O) groups is 2. The zero-order valence-corrected chi connectivity index (χ0v) is 13.7. The molecule has 0 aliphatic carbocycles. The number of carbonyl (C=O) groups excluding carboxylic acids is 1. The molecule has 0 spiro atoms. The number of nitrogens with one attached hydrogen (secondary N) is 1. The van der Waals surface area contributed by atoms with Gasteiger partial charge in [0.1, 0.15) is 0 Å². The highest BCUT2D eigenvalue weighted by atomic mass is 16.4. The van der Waals surface area contributed by atoms with Crippen LogP contribution in [0.3, 0.4) is 0 Å². The summed E-state index contributed by atoms with van der Waals surface area (Å²) in [5.41, 5.74) is -0.0103. The molecule has 1 unspecified atom stereocenters. The van der Waals surface area contributed by atoms with E-state index in [1.165, 1.54) is 19.3 Å². The molecule has 5 nitrogen and oxygen atoms in total. The third-order valence-electron chi connectivity index (χ3n) is 3.75. The largest absolute Gasteiger partial charge is 0.481 e. The van der Waals surface area contributed by atoms with Crippen molar-refractivity contribution in [2.45, 2.75) is 71.8 Å². The van der Waals surface area contributed by atoms with Crippen molar-refractivity contribution >= 4 is 12.0 Å². The summed E-state index contributed by atoms with van der Waals surface area (Å²) < 4.78 is 0. The first-order valence-electron chi connectivity index (χ1n) is 8.05.